The second kappa shape index (κ2) is 5.87. The molecule has 0 aromatic rings. The zero-order valence-electron chi connectivity index (χ0n) is 12.6. The molecule has 0 radical (unpaired) electrons. The molecule has 0 aromatic carbocycles. The molecule has 1 rings (SSSR count). The number of piperidine rings is 1. The van der Waals surface area contributed by atoms with Crippen molar-refractivity contribution in [2.75, 3.05) is 18.8 Å². The number of hydrogen-bond acceptors (Lipinski definition) is 4. The largest absolute Gasteiger partial charge is 0.444 e. The average molecular weight is 309 g/mol. The van der Waals surface area contributed by atoms with Crippen molar-refractivity contribution in [1.82, 2.24) is 4.90 Å². The van der Waals surface area contributed by atoms with Crippen LogP contribution in [-0.4, -0.2) is 43.9 Å². The summed E-state index contributed by atoms with van der Waals surface area (Å²) < 4.78 is 40.3. The van der Waals surface area contributed by atoms with Crippen LogP contribution >= 0.6 is 0 Å². The maximum absolute atomic E-state index is 13.0. The molecule has 0 N–H and O–H groups in total. The summed E-state index contributed by atoms with van der Waals surface area (Å²) in [5.74, 6) is -0.532. The molecule has 0 aromatic heterocycles. The summed E-state index contributed by atoms with van der Waals surface area (Å²) in [6, 6.07) is 0. The van der Waals surface area contributed by atoms with Gasteiger partial charge in [-0.3, -0.25) is 0 Å². The summed E-state index contributed by atoms with van der Waals surface area (Å²) in [5.41, 5.74) is -1.31. The van der Waals surface area contributed by atoms with E-state index >= 15 is 0 Å². The second-order valence-corrected chi connectivity index (χ2v) is 7.91. The molecule has 0 spiro atoms. The van der Waals surface area contributed by atoms with Crippen LogP contribution in [0, 0.1) is 5.41 Å². The quantitative estimate of drug-likeness (QED) is 0.752. The maximum Gasteiger partial charge on any atom is 0.410 e. The molecule has 0 aliphatic carbocycles. The van der Waals surface area contributed by atoms with Crippen LogP contribution < -0.4 is 0 Å². The standard InChI is InChI=1S/C13H24FNO4S/c1-5-13(10-20(14,17)18)7-6-8-15(9-13)11(16)19-12(2,3)4/h5-10H2,1-4H3. The van der Waals surface area contributed by atoms with Gasteiger partial charge in [0.2, 0.25) is 0 Å². The molecule has 0 saturated carbocycles. The first-order valence-electron chi connectivity index (χ1n) is 6.87. The number of hydrogen-bond donors (Lipinski definition) is 0. The van der Waals surface area contributed by atoms with E-state index in [9.17, 15) is 17.1 Å². The number of ether oxygens (including phenoxy) is 1. The lowest BCUT2D eigenvalue weighted by molar-refractivity contribution is 0.00650. The van der Waals surface area contributed by atoms with Crippen LogP contribution in [0.25, 0.3) is 0 Å². The molecule has 1 amide bonds. The molecule has 5 nitrogen and oxygen atoms in total. The number of nitrogens with zero attached hydrogens (tertiary/aromatic N) is 1. The fourth-order valence-corrected chi connectivity index (χ4v) is 3.74. The van der Waals surface area contributed by atoms with Gasteiger partial charge in [0.05, 0.1) is 5.75 Å². The van der Waals surface area contributed by atoms with E-state index in [1.807, 2.05) is 6.92 Å². The van der Waals surface area contributed by atoms with E-state index in [2.05, 4.69) is 0 Å². The summed E-state index contributed by atoms with van der Waals surface area (Å²) >= 11 is 0. The van der Waals surface area contributed by atoms with Crippen LogP contribution in [0.4, 0.5) is 8.68 Å². The molecular formula is C13H24FNO4S. The third-order valence-corrected chi connectivity index (χ3v) is 4.50. The highest BCUT2D eigenvalue weighted by Crippen LogP contribution is 2.35. The highest BCUT2D eigenvalue weighted by molar-refractivity contribution is 7.86. The lowest BCUT2D eigenvalue weighted by atomic mass is 9.79. The van der Waals surface area contributed by atoms with Crippen LogP contribution in [0.5, 0.6) is 0 Å². The number of likely N-dealkylation sites (tertiary alicyclic amines) is 1. The van der Waals surface area contributed by atoms with Crippen molar-refractivity contribution in [1.29, 1.82) is 0 Å². The van der Waals surface area contributed by atoms with Crippen molar-refractivity contribution < 1.29 is 21.8 Å². The van der Waals surface area contributed by atoms with Crippen LogP contribution in [0.1, 0.15) is 47.0 Å². The zero-order valence-corrected chi connectivity index (χ0v) is 13.4. The van der Waals surface area contributed by atoms with Crippen molar-refractivity contribution in [2.45, 2.75) is 52.6 Å². The first-order chi connectivity index (χ1) is 8.96. The second-order valence-electron chi connectivity index (χ2n) is 6.54. The Kier molecular flexibility index (Phi) is 5.05. The molecule has 1 fully saturated rings. The molecule has 1 aliphatic rings. The Bertz CT molecular complexity index is 457. The summed E-state index contributed by atoms with van der Waals surface area (Å²) in [4.78, 5) is 13.5. The van der Waals surface area contributed by atoms with E-state index in [4.69, 9.17) is 4.74 Å². The Morgan fingerprint density at radius 2 is 2.00 bits per heavy atom. The monoisotopic (exact) mass is 309 g/mol. The lowest BCUT2D eigenvalue weighted by Crippen LogP contribution is -2.49. The van der Waals surface area contributed by atoms with Crippen LogP contribution in [0.3, 0.4) is 0 Å². The average Bonchev–Trinajstić information content (AvgIpc) is 2.24. The van der Waals surface area contributed by atoms with Crippen molar-refractivity contribution >= 4 is 16.3 Å². The molecular weight excluding hydrogens is 285 g/mol. The predicted molar refractivity (Wildman–Crippen MR) is 74.7 cm³/mol. The van der Waals surface area contributed by atoms with E-state index < -0.39 is 33.1 Å². The summed E-state index contributed by atoms with van der Waals surface area (Å²) in [5, 5.41) is 0. The van der Waals surface area contributed by atoms with Crippen LogP contribution in [0.2, 0.25) is 0 Å². The third kappa shape index (κ3) is 5.26. The van der Waals surface area contributed by atoms with Crippen molar-refractivity contribution in [3.8, 4) is 0 Å². The van der Waals surface area contributed by atoms with Gasteiger partial charge in [0.25, 0.3) is 0 Å². The van der Waals surface area contributed by atoms with E-state index in [1.165, 1.54) is 4.90 Å². The van der Waals surface area contributed by atoms with Crippen LogP contribution in [0.15, 0.2) is 0 Å². The van der Waals surface area contributed by atoms with Crippen molar-refractivity contribution in [3.05, 3.63) is 0 Å². The Morgan fingerprint density at radius 1 is 1.40 bits per heavy atom. The van der Waals surface area contributed by atoms with Gasteiger partial charge in [-0.15, -0.1) is 3.89 Å². The minimum atomic E-state index is -4.56. The lowest BCUT2D eigenvalue weighted by Gasteiger charge is -2.41. The fraction of sp³-hybridized carbons (Fsp3) is 0.923. The van der Waals surface area contributed by atoms with E-state index in [1.54, 1.807) is 20.8 Å². The maximum atomic E-state index is 13.0. The molecule has 1 aliphatic heterocycles. The minimum absolute atomic E-state index is 0.224. The van der Waals surface area contributed by atoms with Crippen molar-refractivity contribution in [2.24, 2.45) is 5.41 Å². The number of rotatable bonds is 3. The number of carbonyl (C=O) groups is 1. The van der Waals surface area contributed by atoms with Gasteiger partial charge in [-0.2, -0.15) is 8.42 Å². The fourth-order valence-electron chi connectivity index (χ4n) is 2.56. The van der Waals surface area contributed by atoms with Gasteiger partial charge >= 0.3 is 16.3 Å². The Hall–Kier alpha value is -0.850. The van der Waals surface area contributed by atoms with Gasteiger partial charge in [0.15, 0.2) is 0 Å². The normalized spacial score (nSPS) is 24.6. The molecule has 1 heterocycles. The first kappa shape index (κ1) is 17.2. The van der Waals surface area contributed by atoms with E-state index in [0.29, 0.717) is 25.8 Å². The van der Waals surface area contributed by atoms with E-state index in [0.717, 1.165) is 0 Å². The SMILES string of the molecule is CCC1(CS(=O)(=O)F)CCCN(C(=O)OC(C)(C)C)C1. The molecule has 20 heavy (non-hydrogen) atoms. The molecule has 7 heteroatoms. The van der Waals surface area contributed by atoms with Gasteiger partial charge in [0.1, 0.15) is 5.60 Å². The topological polar surface area (TPSA) is 63.7 Å². The predicted octanol–water partition coefficient (Wildman–Crippen LogP) is 2.71. The van der Waals surface area contributed by atoms with Gasteiger partial charge in [-0.25, -0.2) is 4.79 Å². The minimum Gasteiger partial charge on any atom is -0.444 e. The highest BCUT2D eigenvalue weighted by atomic mass is 32.3. The molecule has 1 saturated heterocycles. The van der Waals surface area contributed by atoms with Gasteiger partial charge in [0, 0.05) is 18.5 Å². The van der Waals surface area contributed by atoms with Gasteiger partial charge < -0.3 is 9.64 Å². The summed E-state index contributed by atoms with van der Waals surface area (Å²) in [6.45, 7) is 7.88. The van der Waals surface area contributed by atoms with Crippen LogP contribution in [-0.2, 0) is 15.0 Å². The molecule has 0 bridgehead atoms. The molecule has 1 atom stereocenters. The Balaban J connectivity index is 2.81. The van der Waals surface area contributed by atoms with Crippen molar-refractivity contribution in [3.63, 3.8) is 0 Å². The summed E-state index contributed by atoms with van der Waals surface area (Å²) in [7, 11) is -4.56. The molecule has 118 valence electrons. The van der Waals surface area contributed by atoms with Gasteiger partial charge in [-0.1, -0.05) is 6.92 Å². The number of amides is 1. The molecule has 1 unspecified atom stereocenters. The smallest absolute Gasteiger partial charge is 0.410 e. The van der Waals surface area contributed by atoms with E-state index in [-0.39, 0.29) is 6.54 Å². The number of halogens is 1. The number of carbonyl (C=O) groups excluding carboxylic acids is 1. The Labute approximate surface area is 120 Å². The Morgan fingerprint density at radius 3 is 2.45 bits per heavy atom. The first-order valence-corrected chi connectivity index (χ1v) is 8.42. The zero-order chi connectivity index (χ0) is 15.6. The third-order valence-electron chi connectivity index (χ3n) is 3.54. The van der Waals surface area contributed by atoms with Gasteiger partial charge in [-0.05, 0) is 40.0 Å². The highest BCUT2D eigenvalue weighted by Gasteiger charge is 2.40. The summed E-state index contributed by atoms with van der Waals surface area (Å²) in [6.07, 6.45) is 1.30.